The predicted molar refractivity (Wildman–Crippen MR) is 75.8 cm³/mol. The Morgan fingerprint density at radius 3 is 2.74 bits per heavy atom. The van der Waals surface area contributed by atoms with Crippen LogP contribution in [0.3, 0.4) is 0 Å². The molecule has 0 radical (unpaired) electrons. The van der Waals surface area contributed by atoms with E-state index in [2.05, 4.69) is 13.8 Å². The molecule has 1 aliphatic heterocycles. The number of rotatable bonds is 3. The molecule has 0 saturated carbocycles. The van der Waals surface area contributed by atoms with Crippen LogP contribution in [-0.2, 0) is 11.2 Å². The normalized spacial score (nSPS) is 22.3. The third-order valence-corrected chi connectivity index (χ3v) is 3.98. The van der Waals surface area contributed by atoms with Crippen LogP contribution in [0, 0.1) is 0 Å². The highest BCUT2D eigenvalue weighted by Gasteiger charge is 2.36. The van der Waals surface area contributed by atoms with E-state index in [1.165, 1.54) is 5.56 Å². The molecule has 1 unspecified atom stereocenters. The van der Waals surface area contributed by atoms with Crippen molar-refractivity contribution in [2.75, 3.05) is 6.54 Å². The maximum atomic E-state index is 12.3. The molecule has 1 aromatic rings. The number of aliphatic hydroxyl groups is 1. The Hall–Kier alpha value is -1.35. The zero-order valence-electron chi connectivity index (χ0n) is 11.8. The van der Waals surface area contributed by atoms with E-state index in [4.69, 9.17) is 0 Å². The first kappa shape index (κ1) is 14.1. The molecule has 0 bridgehead atoms. The van der Waals surface area contributed by atoms with Crippen molar-refractivity contribution < 1.29 is 9.90 Å². The van der Waals surface area contributed by atoms with Gasteiger partial charge in [-0.15, -0.1) is 0 Å². The molecule has 3 heteroatoms. The van der Waals surface area contributed by atoms with Crippen molar-refractivity contribution in [1.82, 2.24) is 4.90 Å². The number of hydrogen-bond donors (Lipinski definition) is 1. The van der Waals surface area contributed by atoms with E-state index in [0.29, 0.717) is 13.0 Å². The average molecular weight is 261 g/mol. The van der Waals surface area contributed by atoms with Gasteiger partial charge >= 0.3 is 0 Å². The minimum atomic E-state index is -0.367. The van der Waals surface area contributed by atoms with E-state index in [9.17, 15) is 9.90 Å². The molecule has 1 atom stereocenters. The Bertz CT molecular complexity index is 428. The third kappa shape index (κ3) is 3.57. The molecule has 1 fully saturated rings. The lowest BCUT2D eigenvalue weighted by atomic mass is 9.88. The van der Waals surface area contributed by atoms with Crippen molar-refractivity contribution in [2.24, 2.45) is 0 Å². The summed E-state index contributed by atoms with van der Waals surface area (Å²) in [5, 5.41) is 9.75. The molecule has 0 spiro atoms. The van der Waals surface area contributed by atoms with Gasteiger partial charge in [0.05, 0.1) is 6.10 Å². The molecule has 1 aromatic carbocycles. The van der Waals surface area contributed by atoms with Crippen LogP contribution in [0.1, 0.15) is 38.7 Å². The number of benzene rings is 1. The molecule has 104 valence electrons. The van der Waals surface area contributed by atoms with Gasteiger partial charge in [-0.25, -0.2) is 0 Å². The second kappa shape index (κ2) is 5.74. The summed E-state index contributed by atoms with van der Waals surface area (Å²) in [6, 6.07) is 10.1. The van der Waals surface area contributed by atoms with E-state index in [0.717, 1.165) is 19.3 Å². The van der Waals surface area contributed by atoms with E-state index in [-0.39, 0.29) is 17.6 Å². The van der Waals surface area contributed by atoms with Crippen molar-refractivity contribution in [3.8, 4) is 0 Å². The largest absolute Gasteiger partial charge is 0.391 e. The van der Waals surface area contributed by atoms with Crippen LogP contribution in [-0.4, -0.2) is 34.1 Å². The molecule has 1 aliphatic rings. The molecule has 1 heterocycles. The van der Waals surface area contributed by atoms with E-state index < -0.39 is 0 Å². The van der Waals surface area contributed by atoms with Crippen molar-refractivity contribution in [2.45, 2.75) is 51.2 Å². The fourth-order valence-corrected chi connectivity index (χ4v) is 2.67. The van der Waals surface area contributed by atoms with Crippen LogP contribution in [0.15, 0.2) is 30.3 Å². The van der Waals surface area contributed by atoms with Crippen molar-refractivity contribution in [3.05, 3.63) is 35.9 Å². The van der Waals surface area contributed by atoms with Gasteiger partial charge in [0.25, 0.3) is 0 Å². The number of carbonyl (C=O) groups excluding carboxylic acids is 1. The number of nitrogens with zero attached hydrogens (tertiary/aromatic N) is 1. The topological polar surface area (TPSA) is 40.5 Å². The van der Waals surface area contributed by atoms with Gasteiger partial charge in [-0.05, 0) is 38.7 Å². The quantitative estimate of drug-likeness (QED) is 0.907. The lowest BCUT2D eigenvalue weighted by molar-refractivity contribution is -0.142. The Morgan fingerprint density at radius 1 is 1.37 bits per heavy atom. The third-order valence-electron chi connectivity index (χ3n) is 3.98. The second-order valence-corrected chi connectivity index (χ2v) is 5.99. The summed E-state index contributed by atoms with van der Waals surface area (Å²) in [4.78, 5) is 14.2. The van der Waals surface area contributed by atoms with Crippen LogP contribution < -0.4 is 0 Å². The number of aliphatic hydroxyl groups excluding tert-OH is 1. The molecular weight excluding hydrogens is 238 g/mol. The molecule has 1 saturated heterocycles. The summed E-state index contributed by atoms with van der Waals surface area (Å²) >= 11 is 0. The molecule has 2 rings (SSSR count). The van der Waals surface area contributed by atoms with Crippen LogP contribution in [0.25, 0.3) is 0 Å². The number of amides is 1. The monoisotopic (exact) mass is 261 g/mol. The highest BCUT2D eigenvalue weighted by Crippen LogP contribution is 2.28. The van der Waals surface area contributed by atoms with Gasteiger partial charge in [-0.3, -0.25) is 4.79 Å². The number of likely N-dealkylation sites (tertiary alicyclic amines) is 1. The Kier molecular flexibility index (Phi) is 4.25. The smallest absolute Gasteiger partial charge is 0.223 e. The molecule has 3 nitrogen and oxygen atoms in total. The summed E-state index contributed by atoms with van der Waals surface area (Å²) in [5.74, 6) is 0.146. The first-order valence-corrected chi connectivity index (χ1v) is 7.01. The number of hydrogen-bond acceptors (Lipinski definition) is 2. The van der Waals surface area contributed by atoms with Crippen LogP contribution >= 0.6 is 0 Å². The number of aryl methyl sites for hydroxylation is 1. The average Bonchev–Trinajstić information content (AvgIpc) is 2.40. The molecule has 1 amide bonds. The fraction of sp³-hybridized carbons (Fsp3) is 0.562. The zero-order chi connectivity index (χ0) is 13.9. The SMILES string of the molecule is CC1(C)CCC(O)CN1C(=O)CCc1ccccc1. The lowest BCUT2D eigenvalue weighted by Crippen LogP contribution is -2.54. The second-order valence-electron chi connectivity index (χ2n) is 5.99. The maximum absolute atomic E-state index is 12.3. The minimum Gasteiger partial charge on any atom is -0.391 e. The van der Waals surface area contributed by atoms with Gasteiger partial charge in [0.2, 0.25) is 5.91 Å². The van der Waals surface area contributed by atoms with Crippen LogP contribution in [0.4, 0.5) is 0 Å². The highest BCUT2D eigenvalue weighted by atomic mass is 16.3. The standard InChI is InChI=1S/C16H23NO2/c1-16(2)11-10-14(18)12-17(16)15(19)9-8-13-6-4-3-5-7-13/h3-7,14,18H,8-12H2,1-2H3. The number of β-amino-alcohol motifs (C(OH)–C–C–N with tert-alkyl or cyclic N) is 1. The van der Waals surface area contributed by atoms with E-state index in [1.807, 2.05) is 35.2 Å². The fourth-order valence-electron chi connectivity index (χ4n) is 2.67. The Balaban J connectivity index is 1.95. The predicted octanol–water partition coefficient (Wildman–Crippen LogP) is 2.38. The highest BCUT2D eigenvalue weighted by molar-refractivity contribution is 5.77. The maximum Gasteiger partial charge on any atom is 0.223 e. The summed E-state index contributed by atoms with van der Waals surface area (Å²) in [6.07, 6.45) is 2.57. The van der Waals surface area contributed by atoms with Crippen molar-refractivity contribution in [3.63, 3.8) is 0 Å². The first-order chi connectivity index (χ1) is 8.99. The number of piperidine rings is 1. The van der Waals surface area contributed by atoms with Gasteiger partial charge in [-0.1, -0.05) is 30.3 Å². The lowest BCUT2D eigenvalue weighted by Gasteiger charge is -2.44. The number of carbonyl (C=O) groups is 1. The Morgan fingerprint density at radius 2 is 2.05 bits per heavy atom. The van der Waals surface area contributed by atoms with Gasteiger partial charge < -0.3 is 10.0 Å². The summed E-state index contributed by atoms with van der Waals surface area (Å²) in [7, 11) is 0. The van der Waals surface area contributed by atoms with Gasteiger partial charge in [0.15, 0.2) is 0 Å². The van der Waals surface area contributed by atoms with Crippen molar-refractivity contribution >= 4 is 5.91 Å². The molecule has 0 aliphatic carbocycles. The Labute approximate surface area is 115 Å². The first-order valence-electron chi connectivity index (χ1n) is 7.01. The van der Waals surface area contributed by atoms with E-state index in [1.54, 1.807) is 0 Å². The molecular formula is C16H23NO2. The molecule has 1 N–H and O–H groups in total. The summed E-state index contributed by atoms with van der Waals surface area (Å²) < 4.78 is 0. The molecule has 19 heavy (non-hydrogen) atoms. The van der Waals surface area contributed by atoms with Crippen LogP contribution in [0.5, 0.6) is 0 Å². The summed E-state index contributed by atoms with van der Waals surface area (Å²) in [6.45, 7) is 4.64. The molecule has 0 aromatic heterocycles. The van der Waals surface area contributed by atoms with Gasteiger partial charge in [-0.2, -0.15) is 0 Å². The van der Waals surface area contributed by atoms with Gasteiger partial charge in [0.1, 0.15) is 0 Å². The van der Waals surface area contributed by atoms with Gasteiger partial charge in [0, 0.05) is 18.5 Å². The minimum absolute atomic E-state index is 0.132. The van der Waals surface area contributed by atoms with Crippen molar-refractivity contribution in [1.29, 1.82) is 0 Å². The van der Waals surface area contributed by atoms with E-state index >= 15 is 0 Å². The van der Waals surface area contributed by atoms with Crippen LogP contribution in [0.2, 0.25) is 0 Å². The summed E-state index contributed by atoms with van der Waals surface area (Å²) in [5.41, 5.74) is 1.05. The zero-order valence-corrected chi connectivity index (χ0v) is 11.8.